The summed E-state index contributed by atoms with van der Waals surface area (Å²) in [6, 6.07) is 7.73. The van der Waals surface area contributed by atoms with Crippen LogP contribution in [0.4, 0.5) is 0 Å². The second kappa shape index (κ2) is 7.06. The van der Waals surface area contributed by atoms with Crippen LogP contribution in [0, 0.1) is 0 Å². The maximum absolute atomic E-state index is 11.5. The lowest BCUT2D eigenvalue weighted by Crippen LogP contribution is -2.31. The van der Waals surface area contributed by atoms with Gasteiger partial charge in [0.15, 0.2) is 9.84 Å². The van der Waals surface area contributed by atoms with Gasteiger partial charge in [-0.05, 0) is 19.0 Å². The van der Waals surface area contributed by atoms with E-state index in [1.165, 1.54) is 0 Å². The standard InChI is InChI=1S/C14H22N2O3S/c15-12-13-4-1-2-5-14(13)19-9-7-16-6-3-10-20(17,18)11-8-16/h1-2,4-5H,3,6-12,15H2. The van der Waals surface area contributed by atoms with E-state index in [2.05, 4.69) is 4.90 Å². The maximum atomic E-state index is 11.5. The van der Waals surface area contributed by atoms with E-state index in [-0.39, 0.29) is 5.75 Å². The third-order valence-corrected chi connectivity index (χ3v) is 5.22. The van der Waals surface area contributed by atoms with Gasteiger partial charge in [0, 0.05) is 25.2 Å². The number of hydrogen-bond donors (Lipinski definition) is 1. The summed E-state index contributed by atoms with van der Waals surface area (Å²) in [5, 5.41) is 0. The molecule has 1 heterocycles. The van der Waals surface area contributed by atoms with Crippen molar-refractivity contribution in [3.05, 3.63) is 29.8 Å². The van der Waals surface area contributed by atoms with E-state index in [4.69, 9.17) is 10.5 Å². The first-order valence-corrected chi connectivity index (χ1v) is 8.76. The Morgan fingerprint density at radius 2 is 2.00 bits per heavy atom. The van der Waals surface area contributed by atoms with E-state index in [1.807, 2.05) is 24.3 Å². The van der Waals surface area contributed by atoms with Gasteiger partial charge in [-0.15, -0.1) is 0 Å². The van der Waals surface area contributed by atoms with Gasteiger partial charge >= 0.3 is 0 Å². The second-order valence-electron chi connectivity index (χ2n) is 5.01. The quantitative estimate of drug-likeness (QED) is 0.864. The molecule has 1 fully saturated rings. The predicted molar refractivity (Wildman–Crippen MR) is 79.5 cm³/mol. The molecule has 0 saturated carbocycles. The van der Waals surface area contributed by atoms with E-state index in [9.17, 15) is 8.42 Å². The Morgan fingerprint density at radius 3 is 2.80 bits per heavy atom. The molecular weight excluding hydrogens is 276 g/mol. The van der Waals surface area contributed by atoms with Gasteiger partial charge in [0.2, 0.25) is 0 Å². The fourth-order valence-electron chi connectivity index (χ4n) is 2.31. The average Bonchev–Trinajstić information content (AvgIpc) is 2.61. The topological polar surface area (TPSA) is 72.6 Å². The fraction of sp³-hybridized carbons (Fsp3) is 0.571. The molecule has 0 bridgehead atoms. The molecule has 112 valence electrons. The van der Waals surface area contributed by atoms with Crippen LogP contribution in [0.1, 0.15) is 12.0 Å². The molecule has 0 aliphatic carbocycles. The Morgan fingerprint density at radius 1 is 1.20 bits per heavy atom. The number of hydrogen-bond acceptors (Lipinski definition) is 5. The highest BCUT2D eigenvalue weighted by molar-refractivity contribution is 7.91. The summed E-state index contributed by atoms with van der Waals surface area (Å²) in [4.78, 5) is 2.15. The lowest BCUT2D eigenvalue weighted by molar-refractivity contribution is 0.218. The van der Waals surface area contributed by atoms with E-state index in [1.54, 1.807) is 0 Å². The zero-order valence-corrected chi connectivity index (χ0v) is 12.4. The molecule has 6 heteroatoms. The molecule has 1 aromatic rings. The van der Waals surface area contributed by atoms with Crippen molar-refractivity contribution in [2.24, 2.45) is 5.73 Å². The molecule has 1 aliphatic rings. The van der Waals surface area contributed by atoms with Crippen LogP contribution in [0.15, 0.2) is 24.3 Å². The monoisotopic (exact) mass is 298 g/mol. The van der Waals surface area contributed by atoms with Gasteiger partial charge in [0.25, 0.3) is 0 Å². The molecule has 5 nitrogen and oxygen atoms in total. The summed E-state index contributed by atoms with van der Waals surface area (Å²) >= 11 is 0. The van der Waals surface area contributed by atoms with E-state index in [0.717, 1.165) is 24.4 Å². The molecule has 2 rings (SSSR count). The van der Waals surface area contributed by atoms with Crippen LogP contribution in [0.5, 0.6) is 5.75 Å². The number of nitrogens with two attached hydrogens (primary N) is 1. The average molecular weight is 298 g/mol. The van der Waals surface area contributed by atoms with Gasteiger partial charge in [0.1, 0.15) is 12.4 Å². The molecule has 0 amide bonds. The molecular formula is C14H22N2O3S. The number of rotatable bonds is 5. The van der Waals surface area contributed by atoms with E-state index < -0.39 is 9.84 Å². The van der Waals surface area contributed by atoms with Crippen LogP contribution in [0.2, 0.25) is 0 Å². The zero-order chi connectivity index (χ0) is 14.4. The van der Waals surface area contributed by atoms with Crippen LogP contribution in [0.25, 0.3) is 0 Å². The van der Waals surface area contributed by atoms with Crippen molar-refractivity contribution >= 4 is 9.84 Å². The normalized spacial score (nSPS) is 19.4. The molecule has 0 aromatic heterocycles. The lowest BCUT2D eigenvalue weighted by atomic mass is 10.2. The van der Waals surface area contributed by atoms with Crippen LogP contribution in [0.3, 0.4) is 0 Å². The minimum absolute atomic E-state index is 0.256. The number of nitrogens with zero attached hydrogens (tertiary/aromatic N) is 1. The number of para-hydroxylation sites is 1. The summed E-state index contributed by atoms with van der Waals surface area (Å²) in [5.74, 6) is 1.38. The third kappa shape index (κ3) is 4.47. The highest BCUT2D eigenvalue weighted by Gasteiger charge is 2.18. The van der Waals surface area contributed by atoms with Gasteiger partial charge in [-0.25, -0.2) is 8.42 Å². The number of benzene rings is 1. The minimum atomic E-state index is -2.84. The second-order valence-corrected chi connectivity index (χ2v) is 7.31. The zero-order valence-electron chi connectivity index (χ0n) is 11.6. The molecule has 1 saturated heterocycles. The van der Waals surface area contributed by atoms with Crippen molar-refractivity contribution in [1.82, 2.24) is 4.90 Å². The Bertz CT molecular complexity index is 531. The van der Waals surface area contributed by atoms with Crippen molar-refractivity contribution in [2.75, 3.05) is 37.7 Å². The Hall–Kier alpha value is -1.11. The predicted octanol–water partition coefficient (Wildman–Crippen LogP) is 0.645. The number of sulfone groups is 1. The van der Waals surface area contributed by atoms with Gasteiger partial charge in [-0.3, -0.25) is 4.90 Å². The van der Waals surface area contributed by atoms with Crippen molar-refractivity contribution in [2.45, 2.75) is 13.0 Å². The molecule has 2 N–H and O–H groups in total. The largest absolute Gasteiger partial charge is 0.492 e. The Kier molecular flexibility index (Phi) is 5.39. The van der Waals surface area contributed by atoms with Crippen molar-refractivity contribution < 1.29 is 13.2 Å². The van der Waals surface area contributed by atoms with Gasteiger partial charge in [-0.1, -0.05) is 18.2 Å². The van der Waals surface area contributed by atoms with Crippen LogP contribution < -0.4 is 10.5 Å². The molecule has 1 aromatic carbocycles. The highest BCUT2D eigenvalue weighted by Crippen LogP contribution is 2.17. The smallest absolute Gasteiger partial charge is 0.151 e. The highest BCUT2D eigenvalue weighted by atomic mass is 32.2. The van der Waals surface area contributed by atoms with Crippen LogP contribution in [-0.2, 0) is 16.4 Å². The SMILES string of the molecule is NCc1ccccc1OCCN1CCCS(=O)(=O)CC1. The summed E-state index contributed by atoms with van der Waals surface area (Å²) in [5.41, 5.74) is 6.65. The molecule has 0 atom stereocenters. The van der Waals surface area contributed by atoms with Gasteiger partial charge in [0.05, 0.1) is 11.5 Å². The van der Waals surface area contributed by atoms with E-state index >= 15 is 0 Å². The van der Waals surface area contributed by atoms with Crippen molar-refractivity contribution in [3.63, 3.8) is 0 Å². The lowest BCUT2D eigenvalue weighted by Gasteiger charge is -2.19. The Labute approximate surface area is 120 Å². The molecule has 1 aliphatic heterocycles. The van der Waals surface area contributed by atoms with Gasteiger partial charge < -0.3 is 10.5 Å². The third-order valence-electron chi connectivity index (χ3n) is 3.51. The number of ether oxygens (including phenoxy) is 1. The van der Waals surface area contributed by atoms with E-state index in [0.29, 0.717) is 31.9 Å². The molecule has 0 unspecified atom stereocenters. The van der Waals surface area contributed by atoms with Crippen molar-refractivity contribution in [1.29, 1.82) is 0 Å². The minimum Gasteiger partial charge on any atom is -0.492 e. The molecule has 0 radical (unpaired) electrons. The van der Waals surface area contributed by atoms with Crippen LogP contribution >= 0.6 is 0 Å². The van der Waals surface area contributed by atoms with Crippen molar-refractivity contribution in [3.8, 4) is 5.75 Å². The fourth-order valence-corrected chi connectivity index (χ4v) is 3.62. The summed E-state index contributed by atoms with van der Waals surface area (Å²) in [6.45, 7) is 3.18. The molecule has 0 spiro atoms. The van der Waals surface area contributed by atoms with Crippen LogP contribution in [-0.4, -0.2) is 51.1 Å². The molecule has 20 heavy (non-hydrogen) atoms. The first-order valence-electron chi connectivity index (χ1n) is 6.94. The maximum Gasteiger partial charge on any atom is 0.151 e. The summed E-state index contributed by atoms with van der Waals surface area (Å²) in [7, 11) is -2.84. The summed E-state index contributed by atoms with van der Waals surface area (Å²) in [6.07, 6.45) is 0.710. The van der Waals surface area contributed by atoms with Gasteiger partial charge in [-0.2, -0.15) is 0 Å². The first kappa shape index (κ1) is 15.3. The summed E-state index contributed by atoms with van der Waals surface area (Å²) < 4.78 is 28.8. The first-order chi connectivity index (χ1) is 9.61. The Balaban J connectivity index is 1.81.